The molecule has 0 aromatic carbocycles. The molecule has 3 aliphatic heterocycles. The van der Waals surface area contributed by atoms with Gasteiger partial charge in [-0.15, -0.1) is 0 Å². The van der Waals surface area contributed by atoms with Crippen LogP contribution in [0.4, 0.5) is 17.6 Å². The Balaban J connectivity index is 0.975. The van der Waals surface area contributed by atoms with E-state index >= 15 is 0 Å². The van der Waals surface area contributed by atoms with Crippen LogP contribution in [0.25, 0.3) is 22.3 Å². The SMILES string of the molecule is CC(C)(C)C[C@H]1O[C@@H](n2cnc3c(N)ncnc32)CC1OP(O)(=S)OC[C@H]1O[C@@H](n2cnc3c(=O)[nH]c(N)nc32)CC1OP(O)(=S)OC[C@H]1O[C@@H](n2ccc(N)nc2=O)CC1O. The summed E-state index contributed by atoms with van der Waals surface area (Å²) >= 11 is 10.9. The van der Waals surface area contributed by atoms with E-state index in [0.29, 0.717) is 17.6 Å². The molecule has 62 heavy (non-hydrogen) atoms. The van der Waals surface area contributed by atoms with Crippen molar-refractivity contribution in [3.8, 4) is 0 Å². The Labute approximate surface area is 361 Å². The Bertz CT molecular complexity index is 2680. The van der Waals surface area contributed by atoms with Crippen molar-refractivity contribution in [1.29, 1.82) is 0 Å². The van der Waals surface area contributed by atoms with Crippen molar-refractivity contribution in [1.82, 2.24) is 48.6 Å². The number of nitrogens with two attached hydrogens (primary N) is 3. The summed E-state index contributed by atoms with van der Waals surface area (Å²) in [6, 6.07) is 1.41. The normalized spacial score (nSPS) is 28.8. The Morgan fingerprint density at radius 1 is 0.806 bits per heavy atom. The smallest absolute Gasteiger partial charge is 0.351 e. The Morgan fingerprint density at radius 2 is 1.39 bits per heavy atom. The second-order valence-electron chi connectivity index (χ2n) is 16.1. The van der Waals surface area contributed by atoms with Crippen LogP contribution in [0.5, 0.6) is 0 Å². The van der Waals surface area contributed by atoms with Gasteiger partial charge in [0.1, 0.15) is 48.6 Å². The van der Waals surface area contributed by atoms with Gasteiger partial charge in [0.25, 0.3) is 5.56 Å². The number of aromatic amines is 1. The van der Waals surface area contributed by atoms with Gasteiger partial charge in [0, 0.05) is 25.5 Å². The first-order valence-electron chi connectivity index (χ1n) is 19.2. The van der Waals surface area contributed by atoms with Crippen molar-refractivity contribution in [3.05, 3.63) is 52.1 Å². The van der Waals surface area contributed by atoms with E-state index < -0.39 is 93.2 Å². The highest BCUT2D eigenvalue weighted by molar-refractivity contribution is 8.07. The van der Waals surface area contributed by atoms with Crippen molar-refractivity contribution in [2.45, 2.75) is 102 Å². The van der Waals surface area contributed by atoms with Crippen LogP contribution in [0.1, 0.15) is 65.1 Å². The molecular formula is C33H45N13O12P2S2. The number of fused-ring (bicyclic) bond motifs is 2. The van der Waals surface area contributed by atoms with E-state index in [-0.39, 0.29) is 53.4 Å². The van der Waals surface area contributed by atoms with Crippen LogP contribution in [0.15, 0.2) is 40.8 Å². The highest BCUT2D eigenvalue weighted by Crippen LogP contribution is 2.53. The van der Waals surface area contributed by atoms with Gasteiger partial charge in [-0.05, 0) is 41.5 Å². The third-order valence-corrected chi connectivity index (χ3v) is 13.5. The molecule has 5 unspecified atom stereocenters. The van der Waals surface area contributed by atoms with Gasteiger partial charge in [0.15, 0.2) is 22.6 Å². The maximum atomic E-state index is 12.6. The largest absolute Gasteiger partial charge is 0.390 e. The number of ether oxygens (including phenoxy) is 3. The molecule has 0 amide bonds. The molecule has 29 heteroatoms. The van der Waals surface area contributed by atoms with Gasteiger partial charge in [-0.2, -0.15) is 9.97 Å². The molecule has 25 nitrogen and oxygen atoms in total. The maximum Gasteiger partial charge on any atom is 0.351 e. The van der Waals surface area contributed by atoms with Gasteiger partial charge in [0.2, 0.25) is 5.95 Å². The fourth-order valence-corrected chi connectivity index (χ4v) is 10.5. The first kappa shape index (κ1) is 44.7. The molecule has 3 aliphatic rings. The van der Waals surface area contributed by atoms with Gasteiger partial charge < -0.3 is 64.4 Å². The molecule has 0 radical (unpaired) electrons. The summed E-state index contributed by atoms with van der Waals surface area (Å²) in [5.41, 5.74) is 16.9. The predicted octanol–water partition coefficient (Wildman–Crippen LogP) is 0.860. The number of aliphatic hydroxyl groups excluding tert-OH is 1. The van der Waals surface area contributed by atoms with Gasteiger partial charge in [-0.3, -0.25) is 23.5 Å². The molecule has 5 aromatic heterocycles. The highest BCUT2D eigenvalue weighted by atomic mass is 32.5. The minimum absolute atomic E-state index is 0.0107. The second-order valence-corrected chi connectivity index (χ2v) is 21.7. The fraction of sp³-hybridized carbons (Fsp3) is 0.576. The summed E-state index contributed by atoms with van der Waals surface area (Å²) in [7, 11) is 0. The number of nitrogen functional groups attached to an aromatic ring is 3. The summed E-state index contributed by atoms with van der Waals surface area (Å²) in [5.74, 6) is 0.0746. The number of hydrogen-bond acceptors (Lipinski definition) is 21. The molecule has 0 saturated carbocycles. The van der Waals surface area contributed by atoms with E-state index in [2.05, 4.69) is 34.9 Å². The van der Waals surface area contributed by atoms with Gasteiger partial charge in [0.05, 0.1) is 50.3 Å². The number of hydrogen-bond donors (Lipinski definition) is 7. The van der Waals surface area contributed by atoms with E-state index in [9.17, 15) is 24.5 Å². The van der Waals surface area contributed by atoms with Crippen molar-refractivity contribution >= 4 is 77.0 Å². The topological polar surface area (TPSA) is 345 Å². The third-order valence-electron chi connectivity index (χ3n) is 10.3. The molecule has 0 bridgehead atoms. The molecule has 3 fully saturated rings. The zero-order valence-corrected chi connectivity index (χ0v) is 36.7. The quantitative estimate of drug-likeness (QED) is 0.0759. The van der Waals surface area contributed by atoms with E-state index in [1.165, 1.54) is 34.1 Å². The summed E-state index contributed by atoms with van der Waals surface area (Å²) in [4.78, 5) is 75.0. The van der Waals surface area contributed by atoms with Crippen LogP contribution in [0, 0.1) is 5.41 Å². The molecule has 11 atom stereocenters. The van der Waals surface area contributed by atoms with Gasteiger partial charge in [-0.25, -0.2) is 24.7 Å². The van der Waals surface area contributed by atoms with Crippen LogP contribution < -0.4 is 28.5 Å². The van der Waals surface area contributed by atoms with Crippen LogP contribution in [-0.2, 0) is 55.9 Å². The maximum absolute atomic E-state index is 12.6. The zero-order chi connectivity index (χ0) is 44.3. The highest BCUT2D eigenvalue weighted by Gasteiger charge is 2.45. The fourth-order valence-electron chi connectivity index (χ4n) is 7.55. The lowest BCUT2D eigenvalue weighted by Crippen LogP contribution is -2.31. The van der Waals surface area contributed by atoms with Gasteiger partial charge >= 0.3 is 19.1 Å². The van der Waals surface area contributed by atoms with Crippen LogP contribution >= 0.6 is 13.4 Å². The van der Waals surface area contributed by atoms with E-state index in [0.717, 1.165) is 0 Å². The minimum atomic E-state index is -4.16. The van der Waals surface area contributed by atoms with Crippen molar-refractivity contribution in [2.75, 3.05) is 30.4 Å². The lowest BCUT2D eigenvalue weighted by Gasteiger charge is -2.29. The Kier molecular flexibility index (Phi) is 12.4. The standard InChI is InChI=1S/C33H45N13O12P2S2/c1-33(2,3)9-18-16(7-23(54-18)45-13-39-25-27(35)37-12-38-28(25)45)57-60(51,62)53-11-20-17(8-24(56-20)46-14-40-26-29(46)42-31(36)43-30(26)48)58-59(50,61)52-10-19-15(47)6-22(55-19)44-5-4-21(34)41-32(44)49/h4-5,12-20,22-24,47H,6-11H2,1-3H3,(H,50,61)(H,51,62)(H2,34,41,49)(H2,35,37,38)(H3,36,42,43,48)/t15?,16?,17?,18-,19-,20-,22-,23-,24-,59?,60?/m1/s1. The first-order chi connectivity index (χ1) is 29.2. The molecule has 0 aliphatic carbocycles. The molecule has 8 rings (SSSR count). The Morgan fingerprint density at radius 3 is 2.05 bits per heavy atom. The summed E-state index contributed by atoms with van der Waals surface area (Å²) in [6.45, 7) is -2.95. The van der Waals surface area contributed by atoms with Crippen molar-refractivity contribution < 1.29 is 47.2 Å². The molecule has 3 saturated heterocycles. The minimum Gasteiger partial charge on any atom is -0.390 e. The molecule has 0 spiro atoms. The monoisotopic (exact) mass is 941 g/mol. The molecule has 10 N–H and O–H groups in total. The number of imidazole rings is 2. The van der Waals surface area contributed by atoms with Gasteiger partial charge in [-0.1, -0.05) is 20.8 Å². The van der Waals surface area contributed by atoms with E-state index in [1.54, 1.807) is 10.9 Å². The number of nitrogens with zero attached hydrogens (tertiary/aromatic N) is 9. The van der Waals surface area contributed by atoms with Crippen LogP contribution in [0.2, 0.25) is 0 Å². The number of rotatable bonds is 14. The van der Waals surface area contributed by atoms with E-state index in [4.69, 9.17) is 73.1 Å². The molecule has 8 heterocycles. The van der Waals surface area contributed by atoms with E-state index in [1.807, 2.05) is 20.8 Å². The lowest BCUT2D eigenvalue weighted by molar-refractivity contribution is -0.0532. The number of aromatic nitrogens is 10. The number of aliphatic hydroxyl groups is 1. The summed E-state index contributed by atoms with van der Waals surface area (Å²) in [6.07, 6.45) is -1.64. The second kappa shape index (κ2) is 17.2. The average Bonchev–Trinajstić information content (AvgIpc) is 4.01. The summed E-state index contributed by atoms with van der Waals surface area (Å²) in [5, 5.41) is 10.7. The third kappa shape index (κ3) is 9.75. The molecule has 336 valence electrons. The molecular weight excluding hydrogens is 897 g/mol. The number of anilines is 3. The van der Waals surface area contributed by atoms with Crippen molar-refractivity contribution in [3.63, 3.8) is 0 Å². The number of nitrogens with one attached hydrogen (secondary N) is 1. The summed E-state index contributed by atoms with van der Waals surface area (Å²) < 4.78 is 46.7. The van der Waals surface area contributed by atoms with Crippen LogP contribution in [-0.4, -0.2) is 113 Å². The predicted molar refractivity (Wildman–Crippen MR) is 226 cm³/mol. The van der Waals surface area contributed by atoms with Crippen LogP contribution in [0.3, 0.4) is 0 Å². The number of H-pyrrole nitrogens is 1. The first-order valence-corrected chi connectivity index (χ1v) is 24.4. The Hall–Kier alpha value is -3.92. The average molecular weight is 942 g/mol. The lowest BCUT2D eigenvalue weighted by atomic mass is 9.87. The van der Waals surface area contributed by atoms with Crippen molar-refractivity contribution in [2.24, 2.45) is 5.41 Å². The zero-order valence-electron chi connectivity index (χ0n) is 33.3. The molecule has 5 aromatic rings.